The molecule has 0 fully saturated rings. The molecule has 0 radical (unpaired) electrons. The topological polar surface area (TPSA) is 46.2 Å². The average Bonchev–Trinajstić information content (AvgIpc) is 2.37. The zero-order chi connectivity index (χ0) is 14.0. The highest BCUT2D eigenvalue weighted by Gasteiger charge is 2.21. The summed E-state index contributed by atoms with van der Waals surface area (Å²) in [4.78, 5) is 0. The Morgan fingerprint density at radius 1 is 1.05 bits per heavy atom. The first-order valence-corrected chi connectivity index (χ1v) is 7.18. The van der Waals surface area contributed by atoms with Gasteiger partial charge in [0, 0.05) is 14.5 Å². The Kier molecular flexibility index (Phi) is 4.87. The summed E-state index contributed by atoms with van der Waals surface area (Å²) in [6, 6.07) is 11.8. The molecule has 5 heteroatoms. The van der Waals surface area contributed by atoms with Crippen LogP contribution < -0.4 is 5.73 Å². The van der Waals surface area contributed by atoms with Crippen molar-refractivity contribution in [2.24, 2.45) is 5.73 Å². The minimum atomic E-state index is -0.837. The van der Waals surface area contributed by atoms with Crippen LogP contribution in [0.25, 0.3) is 0 Å². The fourth-order valence-electron chi connectivity index (χ4n) is 1.84. The molecule has 0 bridgehead atoms. The van der Waals surface area contributed by atoms with Crippen LogP contribution in [0.4, 0.5) is 0 Å². The zero-order valence-electron chi connectivity index (χ0n) is 9.85. The van der Waals surface area contributed by atoms with Gasteiger partial charge in [-0.2, -0.15) is 0 Å². The number of benzene rings is 2. The molecule has 2 aromatic rings. The third kappa shape index (κ3) is 3.50. The van der Waals surface area contributed by atoms with Crippen LogP contribution in [-0.2, 0) is 0 Å². The SMILES string of the molecule is NC(c1ccc(Cl)cc1Br)C(O)c1cccc(Cl)c1. The summed E-state index contributed by atoms with van der Waals surface area (Å²) in [6.07, 6.45) is -0.837. The molecule has 0 saturated carbocycles. The lowest BCUT2D eigenvalue weighted by molar-refractivity contribution is 0.146. The molecule has 0 amide bonds. The first-order valence-electron chi connectivity index (χ1n) is 5.63. The number of nitrogens with two attached hydrogens (primary N) is 1. The van der Waals surface area contributed by atoms with E-state index >= 15 is 0 Å². The van der Waals surface area contributed by atoms with Crippen molar-refractivity contribution in [3.63, 3.8) is 0 Å². The number of hydrogen-bond acceptors (Lipinski definition) is 2. The molecule has 2 nitrogen and oxygen atoms in total. The fourth-order valence-corrected chi connectivity index (χ4v) is 2.99. The second-order valence-corrected chi connectivity index (χ2v) is 5.92. The van der Waals surface area contributed by atoms with Crippen molar-refractivity contribution in [2.75, 3.05) is 0 Å². The van der Waals surface area contributed by atoms with Gasteiger partial charge < -0.3 is 10.8 Å². The Bertz CT molecular complexity index is 591. The first kappa shape index (κ1) is 14.8. The van der Waals surface area contributed by atoms with Crippen LogP contribution in [0.15, 0.2) is 46.9 Å². The van der Waals surface area contributed by atoms with Crippen molar-refractivity contribution in [2.45, 2.75) is 12.1 Å². The largest absolute Gasteiger partial charge is 0.386 e. The minimum Gasteiger partial charge on any atom is -0.386 e. The van der Waals surface area contributed by atoms with Gasteiger partial charge in [-0.05, 0) is 35.4 Å². The molecule has 0 saturated heterocycles. The Morgan fingerprint density at radius 3 is 2.37 bits per heavy atom. The highest BCUT2D eigenvalue weighted by Crippen LogP contribution is 2.33. The summed E-state index contributed by atoms with van der Waals surface area (Å²) in [5.41, 5.74) is 7.58. The normalized spacial score (nSPS) is 14.2. The maximum atomic E-state index is 10.3. The highest BCUT2D eigenvalue weighted by molar-refractivity contribution is 9.10. The Morgan fingerprint density at radius 2 is 1.74 bits per heavy atom. The lowest BCUT2D eigenvalue weighted by atomic mass is 9.97. The summed E-state index contributed by atoms with van der Waals surface area (Å²) >= 11 is 15.2. The van der Waals surface area contributed by atoms with Crippen LogP contribution in [-0.4, -0.2) is 5.11 Å². The lowest BCUT2D eigenvalue weighted by Gasteiger charge is -2.21. The van der Waals surface area contributed by atoms with Gasteiger partial charge >= 0.3 is 0 Å². The van der Waals surface area contributed by atoms with Gasteiger partial charge in [-0.3, -0.25) is 0 Å². The van der Waals surface area contributed by atoms with E-state index in [0.717, 1.165) is 10.0 Å². The van der Waals surface area contributed by atoms with Crippen molar-refractivity contribution in [3.05, 3.63) is 68.1 Å². The van der Waals surface area contributed by atoms with Crippen LogP contribution in [0, 0.1) is 0 Å². The summed E-state index contributed by atoms with van der Waals surface area (Å²) in [7, 11) is 0. The van der Waals surface area contributed by atoms with E-state index in [2.05, 4.69) is 15.9 Å². The third-order valence-corrected chi connectivity index (χ3v) is 4.01. The summed E-state index contributed by atoms with van der Waals surface area (Å²) in [6.45, 7) is 0. The van der Waals surface area contributed by atoms with Crippen LogP contribution >= 0.6 is 39.1 Å². The van der Waals surface area contributed by atoms with Gasteiger partial charge in [0.2, 0.25) is 0 Å². The van der Waals surface area contributed by atoms with Crippen molar-refractivity contribution in [3.8, 4) is 0 Å². The zero-order valence-corrected chi connectivity index (χ0v) is 13.0. The average molecular weight is 361 g/mol. The van der Waals surface area contributed by atoms with E-state index in [1.54, 1.807) is 42.5 Å². The van der Waals surface area contributed by atoms with Gasteiger partial charge in [-0.1, -0.05) is 57.3 Å². The molecule has 2 rings (SSSR count). The number of rotatable bonds is 3. The van der Waals surface area contributed by atoms with E-state index in [9.17, 15) is 5.11 Å². The third-order valence-electron chi connectivity index (χ3n) is 2.85. The van der Waals surface area contributed by atoms with Gasteiger partial charge in [0.25, 0.3) is 0 Å². The molecule has 2 aromatic carbocycles. The Labute approximate surface area is 130 Å². The van der Waals surface area contributed by atoms with Crippen LogP contribution in [0.2, 0.25) is 10.0 Å². The fraction of sp³-hybridized carbons (Fsp3) is 0.143. The van der Waals surface area contributed by atoms with Gasteiger partial charge in [-0.15, -0.1) is 0 Å². The summed E-state index contributed by atoms with van der Waals surface area (Å²) in [5.74, 6) is 0. The maximum Gasteiger partial charge on any atom is 0.0983 e. The van der Waals surface area contributed by atoms with Crippen LogP contribution in [0.1, 0.15) is 23.3 Å². The quantitative estimate of drug-likeness (QED) is 0.847. The lowest BCUT2D eigenvalue weighted by Crippen LogP contribution is -2.20. The maximum absolute atomic E-state index is 10.3. The minimum absolute atomic E-state index is 0.565. The molecule has 0 aromatic heterocycles. The summed E-state index contributed by atoms with van der Waals surface area (Å²) in [5, 5.41) is 11.5. The second kappa shape index (κ2) is 6.25. The monoisotopic (exact) mass is 359 g/mol. The van der Waals surface area contributed by atoms with E-state index in [1.165, 1.54) is 0 Å². The van der Waals surface area contributed by atoms with Crippen molar-refractivity contribution >= 4 is 39.1 Å². The molecule has 3 N–H and O–H groups in total. The number of aliphatic hydroxyl groups excluding tert-OH is 1. The Balaban J connectivity index is 2.30. The molecular formula is C14H12BrCl2NO. The molecule has 0 spiro atoms. The Hall–Kier alpha value is -0.580. The predicted octanol–water partition coefficient (Wildman–Crippen LogP) is 4.49. The van der Waals surface area contributed by atoms with E-state index in [4.69, 9.17) is 28.9 Å². The molecule has 19 heavy (non-hydrogen) atoms. The molecule has 0 aliphatic carbocycles. The predicted molar refractivity (Wildman–Crippen MR) is 82.5 cm³/mol. The molecule has 0 aliphatic rings. The molecule has 0 heterocycles. The van der Waals surface area contributed by atoms with Crippen LogP contribution in [0.5, 0.6) is 0 Å². The highest BCUT2D eigenvalue weighted by atomic mass is 79.9. The van der Waals surface area contributed by atoms with E-state index in [-0.39, 0.29) is 0 Å². The first-order chi connectivity index (χ1) is 8.99. The van der Waals surface area contributed by atoms with Gasteiger partial charge in [0.15, 0.2) is 0 Å². The molecule has 100 valence electrons. The van der Waals surface area contributed by atoms with Gasteiger partial charge in [0.1, 0.15) is 0 Å². The molecular weight excluding hydrogens is 349 g/mol. The van der Waals surface area contributed by atoms with Gasteiger partial charge in [-0.25, -0.2) is 0 Å². The van der Waals surface area contributed by atoms with Gasteiger partial charge in [0.05, 0.1) is 12.1 Å². The second-order valence-electron chi connectivity index (χ2n) is 4.19. The van der Waals surface area contributed by atoms with Crippen molar-refractivity contribution < 1.29 is 5.11 Å². The molecule has 2 unspecified atom stereocenters. The standard InChI is InChI=1S/C14H12BrCl2NO/c15-12-7-10(17)4-5-11(12)13(18)14(19)8-2-1-3-9(16)6-8/h1-7,13-14,19H,18H2. The van der Waals surface area contributed by atoms with E-state index in [1.807, 2.05) is 0 Å². The van der Waals surface area contributed by atoms with E-state index in [0.29, 0.717) is 15.6 Å². The van der Waals surface area contributed by atoms with Crippen molar-refractivity contribution in [1.82, 2.24) is 0 Å². The van der Waals surface area contributed by atoms with E-state index < -0.39 is 12.1 Å². The number of halogens is 3. The number of aliphatic hydroxyl groups is 1. The summed E-state index contributed by atoms with van der Waals surface area (Å²) < 4.78 is 0.772. The molecule has 2 atom stereocenters. The van der Waals surface area contributed by atoms with Crippen molar-refractivity contribution in [1.29, 1.82) is 0 Å². The smallest absolute Gasteiger partial charge is 0.0983 e. The van der Waals surface area contributed by atoms with Crippen LogP contribution in [0.3, 0.4) is 0 Å². The molecule has 0 aliphatic heterocycles. The number of hydrogen-bond donors (Lipinski definition) is 2.